The number of hydrogen-bond donors (Lipinski definition) is 1. The normalized spacial score (nSPS) is 17.1. The summed E-state index contributed by atoms with van der Waals surface area (Å²) < 4.78 is 24.2. The molecular formula is C29H34FN5O4. The van der Waals surface area contributed by atoms with Crippen LogP contribution in [0.3, 0.4) is 0 Å². The number of benzene rings is 1. The number of hydrogen-bond acceptors (Lipinski definition) is 6. The lowest BCUT2D eigenvalue weighted by atomic mass is 9.84. The molecule has 5 rings (SSSR count). The number of aromatic nitrogens is 5. The van der Waals surface area contributed by atoms with E-state index in [-0.39, 0.29) is 55.2 Å². The fraction of sp³-hybridized carbons (Fsp3) is 0.448. The number of imidazole rings is 1. The van der Waals surface area contributed by atoms with Gasteiger partial charge in [-0.25, -0.2) is 19.2 Å². The Kier molecular flexibility index (Phi) is 7.40. The van der Waals surface area contributed by atoms with Crippen LogP contribution in [0.2, 0.25) is 0 Å². The quantitative estimate of drug-likeness (QED) is 0.347. The molecule has 1 saturated carbocycles. The molecule has 2 unspecified atom stereocenters. The number of nitrogens with zero attached hydrogens (tertiary/aromatic N) is 5. The van der Waals surface area contributed by atoms with Gasteiger partial charge in [0.05, 0.1) is 5.69 Å². The number of aliphatic hydroxyl groups excluding tert-OH is 1. The van der Waals surface area contributed by atoms with Gasteiger partial charge in [-0.2, -0.15) is 0 Å². The SMILES string of the molecule is Cc1nc(OC2CCC2C)ccc1-c1nc2c(c(=O)n(CCCO)c(=O)n2C(C)C)n1Cc1ccc(F)cc1. The molecule has 0 saturated heterocycles. The van der Waals surface area contributed by atoms with Crippen LogP contribution in [0, 0.1) is 18.7 Å². The highest BCUT2D eigenvalue weighted by atomic mass is 19.1. The number of halogens is 1. The van der Waals surface area contributed by atoms with E-state index >= 15 is 0 Å². The van der Waals surface area contributed by atoms with Crippen molar-refractivity contribution in [1.82, 2.24) is 23.7 Å². The van der Waals surface area contributed by atoms with Crippen LogP contribution in [0.15, 0.2) is 46.0 Å². The van der Waals surface area contributed by atoms with E-state index in [1.165, 1.54) is 16.7 Å². The Hall–Kier alpha value is -3.79. The lowest BCUT2D eigenvalue weighted by Gasteiger charge is -2.33. The van der Waals surface area contributed by atoms with Crippen LogP contribution in [0.1, 0.15) is 57.3 Å². The second-order valence-corrected chi connectivity index (χ2v) is 10.6. The highest BCUT2D eigenvalue weighted by molar-refractivity contribution is 5.78. The van der Waals surface area contributed by atoms with Gasteiger partial charge in [-0.3, -0.25) is 13.9 Å². The van der Waals surface area contributed by atoms with Crippen LogP contribution < -0.4 is 16.0 Å². The maximum absolute atomic E-state index is 13.8. The van der Waals surface area contributed by atoms with Gasteiger partial charge in [-0.1, -0.05) is 19.1 Å². The Labute approximate surface area is 225 Å². The molecule has 1 aliphatic rings. The summed E-state index contributed by atoms with van der Waals surface area (Å²) in [5.74, 6) is 1.16. The van der Waals surface area contributed by atoms with Crippen molar-refractivity contribution >= 4 is 11.2 Å². The number of rotatable bonds is 9. The summed E-state index contributed by atoms with van der Waals surface area (Å²) in [5, 5.41) is 9.38. The van der Waals surface area contributed by atoms with Crippen molar-refractivity contribution in [3.63, 3.8) is 0 Å². The highest BCUT2D eigenvalue weighted by Gasteiger charge is 2.29. The molecule has 0 spiro atoms. The van der Waals surface area contributed by atoms with E-state index in [1.807, 2.05) is 32.9 Å². The van der Waals surface area contributed by atoms with E-state index < -0.39 is 11.2 Å². The Morgan fingerprint density at radius 1 is 1.08 bits per heavy atom. The molecule has 4 aromatic rings. The predicted molar refractivity (Wildman–Crippen MR) is 147 cm³/mol. The lowest BCUT2D eigenvalue weighted by Crippen LogP contribution is -2.41. The zero-order valence-corrected chi connectivity index (χ0v) is 22.7. The third kappa shape index (κ3) is 5.01. The first-order valence-electron chi connectivity index (χ1n) is 13.4. The number of aliphatic hydroxyl groups is 1. The number of fused-ring (bicyclic) bond motifs is 1. The average molecular weight is 536 g/mol. The number of pyridine rings is 1. The summed E-state index contributed by atoms with van der Waals surface area (Å²) in [6.45, 7) is 7.92. The fourth-order valence-electron chi connectivity index (χ4n) is 5.08. The maximum atomic E-state index is 13.8. The van der Waals surface area contributed by atoms with E-state index in [0.29, 0.717) is 28.9 Å². The van der Waals surface area contributed by atoms with Gasteiger partial charge in [-0.05, 0) is 69.7 Å². The summed E-state index contributed by atoms with van der Waals surface area (Å²) in [4.78, 5) is 36.7. The molecule has 1 N–H and O–H groups in total. The van der Waals surface area contributed by atoms with Gasteiger partial charge in [0.2, 0.25) is 5.88 Å². The van der Waals surface area contributed by atoms with Crippen molar-refractivity contribution in [3.8, 4) is 17.3 Å². The largest absolute Gasteiger partial charge is 0.474 e. The Morgan fingerprint density at radius 3 is 2.41 bits per heavy atom. The molecule has 2 atom stereocenters. The summed E-state index contributed by atoms with van der Waals surface area (Å²) in [5.41, 5.74) is 1.74. The molecule has 39 heavy (non-hydrogen) atoms. The van der Waals surface area contributed by atoms with Gasteiger partial charge < -0.3 is 14.4 Å². The predicted octanol–water partition coefficient (Wildman–Crippen LogP) is 4.06. The molecule has 9 nitrogen and oxygen atoms in total. The third-order valence-corrected chi connectivity index (χ3v) is 7.49. The molecule has 1 aliphatic carbocycles. The minimum absolute atomic E-state index is 0.0834. The van der Waals surface area contributed by atoms with Crippen LogP contribution in [0.25, 0.3) is 22.6 Å². The van der Waals surface area contributed by atoms with Crippen LogP contribution in [-0.4, -0.2) is 41.5 Å². The van der Waals surface area contributed by atoms with Crippen LogP contribution >= 0.6 is 0 Å². The topological polar surface area (TPSA) is 104 Å². The first-order chi connectivity index (χ1) is 18.7. The average Bonchev–Trinajstić information content (AvgIpc) is 3.25. The molecule has 206 valence electrons. The zero-order chi connectivity index (χ0) is 27.8. The summed E-state index contributed by atoms with van der Waals surface area (Å²) in [7, 11) is 0. The Morgan fingerprint density at radius 2 is 1.82 bits per heavy atom. The molecule has 1 aromatic carbocycles. The number of ether oxygens (including phenoxy) is 1. The monoisotopic (exact) mass is 535 g/mol. The van der Waals surface area contributed by atoms with Crippen molar-refractivity contribution in [1.29, 1.82) is 0 Å². The van der Waals surface area contributed by atoms with Crippen molar-refractivity contribution < 1.29 is 14.2 Å². The van der Waals surface area contributed by atoms with Crippen molar-refractivity contribution in [2.45, 2.75) is 72.2 Å². The summed E-state index contributed by atoms with van der Waals surface area (Å²) in [6.07, 6.45) is 2.57. The molecule has 0 radical (unpaired) electrons. The van der Waals surface area contributed by atoms with E-state index in [0.717, 1.165) is 23.0 Å². The van der Waals surface area contributed by atoms with E-state index in [4.69, 9.17) is 9.72 Å². The first kappa shape index (κ1) is 26.8. The van der Waals surface area contributed by atoms with Crippen LogP contribution in [0.5, 0.6) is 5.88 Å². The minimum Gasteiger partial charge on any atom is -0.474 e. The second kappa shape index (κ2) is 10.8. The summed E-state index contributed by atoms with van der Waals surface area (Å²) in [6, 6.07) is 9.49. The van der Waals surface area contributed by atoms with E-state index in [2.05, 4.69) is 11.9 Å². The molecule has 10 heteroatoms. The zero-order valence-electron chi connectivity index (χ0n) is 22.7. The molecule has 0 bridgehead atoms. The molecular weight excluding hydrogens is 501 g/mol. The minimum atomic E-state index is -0.481. The first-order valence-corrected chi connectivity index (χ1v) is 13.4. The van der Waals surface area contributed by atoms with E-state index in [9.17, 15) is 19.1 Å². The van der Waals surface area contributed by atoms with Crippen molar-refractivity contribution in [2.24, 2.45) is 5.92 Å². The van der Waals surface area contributed by atoms with Gasteiger partial charge in [0.25, 0.3) is 5.56 Å². The van der Waals surface area contributed by atoms with Crippen molar-refractivity contribution in [2.75, 3.05) is 6.61 Å². The molecule has 0 amide bonds. The Bertz CT molecular complexity index is 1620. The van der Waals surface area contributed by atoms with Crippen molar-refractivity contribution in [3.05, 3.63) is 74.3 Å². The lowest BCUT2D eigenvalue weighted by molar-refractivity contribution is 0.0534. The smallest absolute Gasteiger partial charge is 0.332 e. The van der Waals surface area contributed by atoms with Gasteiger partial charge in [0.1, 0.15) is 17.7 Å². The van der Waals surface area contributed by atoms with E-state index in [1.54, 1.807) is 16.7 Å². The molecule has 0 aliphatic heterocycles. The maximum Gasteiger partial charge on any atom is 0.332 e. The second-order valence-electron chi connectivity index (χ2n) is 10.6. The molecule has 3 aromatic heterocycles. The molecule has 1 fully saturated rings. The summed E-state index contributed by atoms with van der Waals surface area (Å²) >= 11 is 0. The third-order valence-electron chi connectivity index (χ3n) is 7.49. The molecule has 3 heterocycles. The van der Waals surface area contributed by atoms with Crippen LogP contribution in [-0.2, 0) is 13.1 Å². The number of aryl methyl sites for hydroxylation is 1. The van der Waals surface area contributed by atoms with Gasteiger partial charge in [-0.15, -0.1) is 0 Å². The standard InChI is InChI=1S/C29H34FN5O4/c1-17(2)35-27-25(28(37)33(29(35)38)14-5-15-36)34(16-20-7-9-21(30)10-8-20)26(32-27)22-11-13-24(31-19(22)4)39-23-12-6-18(23)3/h7-11,13,17-18,23,36H,5-6,12,14-16H2,1-4H3. The van der Waals surface area contributed by atoms with Gasteiger partial charge >= 0.3 is 5.69 Å². The Balaban J connectivity index is 1.73. The fourth-order valence-corrected chi connectivity index (χ4v) is 5.08. The van der Waals surface area contributed by atoms with Gasteiger partial charge in [0, 0.05) is 37.4 Å². The highest BCUT2D eigenvalue weighted by Crippen LogP contribution is 2.32. The van der Waals surface area contributed by atoms with Gasteiger partial charge in [0.15, 0.2) is 11.2 Å². The van der Waals surface area contributed by atoms with Crippen LogP contribution in [0.4, 0.5) is 4.39 Å².